The van der Waals surface area contributed by atoms with E-state index < -0.39 is 10.0 Å². The predicted octanol–water partition coefficient (Wildman–Crippen LogP) is 0.585. The maximum atomic E-state index is 12.3. The van der Waals surface area contributed by atoms with E-state index in [1.807, 2.05) is 6.92 Å². The fourth-order valence-corrected chi connectivity index (χ4v) is 3.85. The Morgan fingerprint density at radius 3 is 2.89 bits per heavy atom. The Morgan fingerprint density at radius 1 is 1.58 bits per heavy atom. The lowest BCUT2D eigenvalue weighted by Gasteiger charge is -2.17. The Kier molecular flexibility index (Phi) is 4.41. The first kappa shape index (κ1) is 14.7. The predicted molar refractivity (Wildman–Crippen MR) is 73.9 cm³/mol. The van der Waals surface area contributed by atoms with Gasteiger partial charge in [-0.2, -0.15) is 0 Å². The number of anilines is 1. The molecule has 1 fully saturated rings. The zero-order chi connectivity index (χ0) is 14.0. The van der Waals surface area contributed by atoms with Gasteiger partial charge in [0.1, 0.15) is 4.90 Å². The van der Waals surface area contributed by atoms with E-state index in [9.17, 15) is 8.42 Å². The molecule has 7 nitrogen and oxygen atoms in total. The minimum Gasteiger partial charge on any atom is -0.377 e. The van der Waals surface area contributed by atoms with Gasteiger partial charge in [0, 0.05) is 17.3 Å². The number of nitrogens with one attached hydrogen (secondary N) is 2. The lowest BCUT2D eigenvalue weighted by Crippen LogP contribution is -2.39. The summed E-state index contributed by atoms with van der Waals surface area (Å²) in [5.41, 5.74) is 2.28. The molecule has 0 aromatic carbocycles. The van der Waals surface area contributed by atoms with Crippen molar-refractivity contribution in [2.75, 3.05) is 12.0 Å². The number of halogens is 1. The van der Waals surface area contributed by atoms with Crippen LogP contribution in [-0.4, -0.2) is 32.2 Å². The second-order valence-electron chi connectivity index (χ2n) is 4.24. The van der Waals surface area contributed by atoms with E-state index in [0.717, 1.165) is 0 Å². The van der Waals surface area contributed by atoms with Crippen LogP contribution in [0.2, 0.25) is 0 Å². The number of nitrogen functional groups attached to an aromatic ring is 1. The first-order chi connectivity index (χ1) is 8.94. The van der Waals surface area contributed by atoms with Gasteiger partial charge in [-0.15, -0.1) is 0 Å². The molecule has 1 aromatic heterocycles. The molecule has 2 heterocycles. The van der Waals surface area contributed by atoms with Gasteiger partial charge < -0.3 is 10.2 Å². The van der Waals surface area contributed by atoms with E-state index in [1.54, 1.807) is 0 Å². The van der Waals surface area contributed by atoms with Crippen molar-refractivity contribution in [3.8, 4) is 0 Å². The highest BCUT2D eigenvalue weighted by Gasteiger charge is 2.30. The summed E-state index contributed by atoms with van der Waals surface area (Å²) in [5, 5.41) is 0. The SMILES string of the molecule is CC1OCCC1NS(=O)(=O)c1cc(Br)cnc1NN. The van der Waals surface area contributed by atoms with Crippen LogP contribution in [-0.2, 0) is 14.8 Å². The van der Waals surface area contributed by atoms with Gasteiger partial charge in [0.25, 0.3) is 0 Å². The van der Waals surface area contributed by atoms with Crippen molar-refractivity contribution < 1.29 is 13.2 Å². The second kappa shape index (κ2) is 5.71. The van der Waals surface area contributed by atoms with Crippen molar-refractivity contribution >= 4 is 31.8 Å². The number of aromatic nitrogens is 1. The number of hydrogen-bond donors (Lipinski definition) is 3. The Hall–Kier alpha value is -0.740. The summed E-state index contributed by atoms with van der Waals surface area (Å²) in [6.07, 6.45) is 1.96. The van der Waals surface area contributed by atoms with Crippen LogP contribution in [0.25, 0.3) is 0 Å². The van der Waals surface area contributed by atoms with Gasteiger partial charge >= 0.3 is 0 Å². The standard InChI is InChI=1S/C10H15BrN4O3S/c1-6-8(2-3-18-6)15-19(16,17)9-4-7(11)5-13-10(9)14-12/h4-6,8,15H,2-3,12H2,1H3,(H,13,14). The van der Waals surface area contributed by atoms with Crippen molar-refractivity contribution in [2.24, 2.45) is 5.84 Å². The van der Waals surface area contributed by atoms with Crippen LogP contribution in [0.3, 0.4) is 0 Å². The van der Waals surface area contributed by atoms with Gasteiger partial charge in [0.2, 0.25) is 10.0 Å². The maximum Gasteiger partial charge on any atom is 0.244 e. The Bertz CT molecular complexity index is 566. The third kappa shape index (κ3) is 3.23. The van der Waals surface area contributed by atoms with Crippen LogP contribution >= 0.6 is 15.9 Å². The van der Waals surface area contributed by atoms with Crippen molar-refractivity contribution in [1.29, 1.82) is 0 Å². The number of sulfonamides is 1. The summed E-state index contributed by atoms with van der Waals surface area (Å²) in [4.78, 5) is 3.93. The normalized spacial score (nSPS) is 23.5. The van der Waals surface area contributed by atoms with Crippen LogP contribution in [0.1, 0.15) is 13.3 Å². The second-order valence-corrected chi connectivity index (χ2v) is 6.84. The molecular weight excluding hydrogens is 336 g/mol. The molecule has 0 spiro atoms. The van der Waals surface area contributed by atoms with Crippen molar-refractivity contribution in [3.05, 3.63) is 16.7 Å². The molecule has 2 rings (SSSR count). The average Bonchev–Trinajstić information content (AvgIpc) is 2.74. The van der Waals surface area contributed by atoms with Crippen molar-refractivity contribution in [2.45, 2.75) is 30.4 Å². The summed E-state index contributed by atoms with van der Waals surface area (Å²) < 4.78 is 33.2. The lowest BCUT2D eigenvalue weighted by molar-refractivity contribution is 0.117. The highest BCUT2D eigenvalue weighted by molar-refractivity contribution is 9.10. The molecule has 9 heteroatoms. The fraction of sp³-hybridized carbons (Fsp3) is 0.500. The quantitative estimate of drug-likeness (QED) is 0.541. The van der Waals surface area contributed by atoms with Gasteiger partial charge in [0.15, 0.2) is 5.82 Å². The Labute approximate surface area is 120 Å². The number of nitrogens with two attached hydrogens (primary N) is 1. The summed E-state index contributed by atoms with van der Waals surface area (Å²) in [6, 6.07) is 1.21. The lowest BCUT2D eigenvalue weighted by atomic mass is 10.2. The number of pyridine rings is 1. The summed E-state index contributed by atoms with van der Waals surface area (Å²) in [6.45, 7) is 2.38. The van der Waals surface area contributed by atoms with Crippen LogP contribution in [0.5, 0.6) is 0 Å². The van der Waals surface area contributed by atoms with Gasteiger partial charge in [-0.05, 0) is 35.3 Å². The molecule has 1 aliphatic heterocycles. The van der Waals surface area contributed by atoms with E-state index in [1.165, 1.54) is 12.3 Å². The third-order valence-corrected chi connectivity index (χ3v) is 4.87. The highest BCUT2D eigenvalue weighted by atomic mass is 79.9. The van der Waals surface area contributed by atoms with E-state index >= 15 is 0 Å². The smallest absolute Gasteiger partial charge is 0.244 e. The minimum absolute atomic E-state index is 0.00322. The molecular formula is C10H15BrN4O3S. The monoisotopic (exact) mass is 350 g/mol. The van der Waals surface area contributed by atoms with E-state index in [0.29, 0.717) is 17.5 Å². The van der Waals surface area contributed by atoms with Crippen molar-refractivity contribution in [1.82, 2.24) is 9.71 Å². The first-order valence-corrected chi connectivity index (χ1v) is 7.98. The molecule has 19 heavy (non-hydrogen) atoms. The molecule has 0 amide bonds. The Balaban J connectivity index is 2.31. The topological polar surface area (TPSA) is 106 Å². The van der Waals surface area contributed by atoms with Crippen LogP contribution in [0, 0.1) is 0 Å². The van der Waals surface area contributed by atoms with Crippen molar-refractivity contribution in [3.63, 3.8) is 0 Å². The summed E-state index contributed by atoms with van der Waals surface area (Å²) in [5.74, 6) is 5.39. The maximum absolute atomic E-state index is 12.3. The molecule has 0 bridgehead atoms. The Morgan fingerprint density at radius 2 is 2.32 bits per heavy atom. The molecule has 1 aromatic rings. The average molecular weight is 351 g/mol. The van der Waals surface area contributed by atoms with Crippen LogP contribution in [0.4, 0.5) is 5.82 Å². The summed E-state index contributed by atoms with van der Waals surface area (Å²) >= 11 is 3.19. The molecule has 2 unspecified atom stereocenters. The first-order valence-electron chi connectivity index (χ1n) is 5.70. The van der Waals surface area contributed by atoms with E-state index in [4.69, 9.17) is 10.6 Å². The number of ether oxygens (including phenoxy) is 1. The van der Waals surface area contributed by atoms with Gasteiger partial charge in [0.05, 0.1) is 12.1 Å². The molecule has 0 aliphatic carbocycles. The number of nitrogens with zero attached hydrogens (tertiary/aromatic N) is 1. The molecule has 4 N–H and O–H groups in total. The zero-order valence-electron chi connectivity index (χ0n) is 10.3. The molecule has 2 atom stereocenters. The largest absolute Gasteiger partial charge is 0.377 e. The molecule has 106 valence electrons. The molecule has 0 radical (unpaired) electrons. The molecule has 0 saturated carbocycles. The van der Waals surface area contributed by atoms with Crippen LogP contribution < -0.4 is 16.0 Å². The number of hydrogen-bond acceptors (Lipinski definition) is 6. The van der Waals surface area contributed by atoms with Crippen LogP contribution in [0.15, 0.2) is 21.6 Å². The third-order valence-electron chi connectivity index (χ3n) is 2.93. The van der Waals surface area contributed by atoms with E-state index in [2.05, 4.69) is 31.1 Å². The van der Waals surface area contributed by atoms with Gasteiger partial charge in [-0.25, -0.2) is 24.0 Å². The van der Waals surface area contributed by atoms with E-state index in [-0.39, 0.29) is 22.9 Å². The molecule has 1 saturated heterocycles. The molecule has 1 aliphatic rings. The van der Waals surface area contributed by atoms with Gasteiger partial charge in [-0.1, -0.05) is 0 Å². The summed E-state index contributed by atoms with van der Waals surface area (Å²) in [7, 11) is -3.71. The van der Waals surface area contributed by atoms with Gasteiger partial charge in [-0.3, -0.25) is 0 Å². The number of hydrazine groups is 1. The number of rotatable bonds is 4. The highest BCUT2D eigenvalue weighted by Crippen LogP contribution is 2.24. The fourth-order valence-electron chi connectivity index (χ4n) is 1.88. The minimum atomic E-state index is -3.71. The zero-order valence-corrected chi connectivity index (χ0v) is 12.7.